The van der Waals surface area contributed by atoms with Crippen LogP contribution in [0, 0.1) is 10.1 Å². The fraction of sp³-hybridized carbons (Fsp3) is 0.400. The molecule has 1 saturated heterocycles. The van der Waals surface area contributed by atoms with Crippen LogP contribution in [-0.4, -0.2) is 53.1 Å². The zero-order valence-electron chi connectivity index (χ0n) is 13.1. The number of alkyl halides is 3. The van der Waals surface area contributed by atoms with Crippen molar-refractivity contribution in [1.82, 2.24) is 9.91 Å². The fourth-order valence-corrected chi connectivity index (χ4v) is 3.09. The first-order valence-corrected chi connectivity index (χ1v) is 7.61. The molecule has 3 rings (SSSR count). The summed E-state index contributed by atoms with van der Waals surface area (Å²) in [4.78, 5) is 23.0. The van der Waals surface area contributed by atoms with Gasteiger partial charge < -0.3 is 4.90 Å². The number of hydrazine groups is 1. The van der Waals surface area contributed by atoms with Gasteiger partial charge in [0.15, 0.2) is 0 Å². The molecule has 0 radical (unpaired) electrons. The number of nitrogens with zero attached hydrogens (tertiary/aromatic N) is 4. The monoisotopic (exact) mass is 356 g/mol. The fourth-order valence-electron chi connectivity index (χ4n) is 3.09. The normalized spacial score (nSPS) is 18.3. The Hall–Kier alpha value is -2.78. The van der Waals surface area contributed by atoms with Gasteiger partial charge in [0.05, 0.1) is 17.2 Å². The van der Waals surface area contributed by atoms with Gasteiger partial charge in [0, 0.05) is 19.5 Å². The largest absolute Gasteiger partial charge is 0.471 e. The molecule has 10 heteroatoms. The molecule has 0 saturated carbocycles. The zero-order valence-corrected chi connectivity index (χ0v) is 13.1. The van der Waals surface area contributed by atoms with E-state index in [0.717, 1.165) is 0 Å². The first kappa shape index (κ1) is 17.1. The van der Waals surface area contributed by atoms with Crippen molar-refractivity contribution < 1.29 is 22.9 Å². The molecule has 1 aromatic rings. The van der Waals surface area contributed by atoms with Crippen LogP contribution in [0.2, 0.25) is 0 Å². The van der Waals surface area contributed by atoms with Gasteiger partial charge in [0.25, 0.3) is 5.70 Å². The number of carbonyl (C=O) groups is 1. The lowest BCUT2D eigenvalue weighted by molar-refractivity contribution is -0.425. The summed E-state index contributed by atoms with van der Waals surface area (Å²) in [6, 6.07) is 8.88. The Balaban J connectivity index is 1.89. The summed E-state index contributed by atoms with van der Waals surface area (Å²) in [6.07, 6.45) is -4.95. The number of rotatable bonds is 2. The molecule has 1 amide bonds. The van der Waals surface area contributed by atoms with Crippen LogP contribution in [0.25, 0.3) is 0 Å². The molecule has 0 bridgehead atoms. The Morgan fingerprint density at radius 3 is 2.36 bits per heavy atom. The van der Waals surface area contributed by atoms with Crippen LogP contribution in [-0.2, 0) is 4.79 Å². The molecule has 1 aromatic carbocycles. The van der Waals surface area contributed by atoms with E-state index in [4.69, 9.17) is 0 Å². The van der Waals surface area contributed by atoms with Gasteiger partial charge in [-0.15, -0.1) is 0 Å². The second-order valence-electron chi connectivity index (χ2n) is 5.71. The first-order chi connectivity index (χ1) is 11.8. The van der Waals surface area contributed by atoms with E-state index in [2.05, 4.69) is 0 Å². The molecule has 0 N–H and O–H groups in total. The van der Waals surface area contributed by atoms with Crippen molar-refractivity contribution in [3.05, 3.63) is 51.8 Å². The van der Waals surface area contributed by atoms with E-state index >= 15 is 0 Å². The second-order valence-corrected chi connectivity index (χ2v) is 5.71. The number of carbonyl (C=O) groups excluding carboxylic acids is 1. The van der Waals surface area contributed by atoms with Gasteiger partial charge in [-0.1, -0.05) is 18.2 Å². The van der Waals surface area contributed by atoms with Crippen molar-refractivity contribution in [2.45, 2.75) is 12.6 Å². The number of nitro groups is 1. The van der Waals surface area contributed by atoms with Crippen molar-refractivity contribution in [3.63, 3.8) is 0 Å². The van der Waals surface area contributed by atoms with Gasteiger partial charge in [-0.2, -0.15) is 13.2 Å². The summed E-state index contributed by atoms with van der Waals surface area (Å²) >= 11 is 0. The lowest BCUT2D eigenvalue weighted by Crippen LogP contribution is -2.45. The van der Waals surface area contributed by atoms with E-state index in [-0.39, 0.29) is 38.3 Å². The van der Waals surface area contributed by atoms with Gasteiger partial charge >= 0.3 is 12.1 Å². The maximum Gasteiger partial charge on any atom is 0.471 e. The molecular weight excluding hydrogens is 341 g/mol. The van der Waals surface area contributed by atoms with E-state index in [9.17, 15) is 28.1 Å². The lowest BCUT2D eigenvalue weighted by atomic mass is 10.2. The predicted octanol–water partition coefficient (Wildman–Crippen LogP) is 2.01. The van der Waals surface area contributed by atoms with Crippen LogP contribution in [0.15, 0.2) is 41.7 Å². The van der Waals surface area contributed by atoms with Crippen molar-refractivity contribution in [2.75, 3.05) is 31.2 Å². The molecule has 7 nitrogen and oxygen atoms in total. The Kier molecular flexibility index (Phi) is 4.27. The number of fused-ring (bicyclic) bond motifs is 1. The first-order valence-electron chi connectivity index (χ1n) is 7.61. The van der Waals surface area contributed by atoms with Crippen molar-refractivity contribution in [1.29, 1.82) is 0 Å². The summed E-state index contributed by atoms with van der Waals surface area (Å²) in [6.45, 7) is -0.261. The molecule has 2 aliphatic rings. The van der Waals surface area contributed by atoms with Crippen molar-refractivity contribution in [3.8, 4) is 0 Å². The van der Waals surface area contributed by atoms with E-state index in [0.29, 0.717) is 16.3 Å². The molecule has 2 heterocycles. The number of hydrogen-bond acceptors (Lipinski definition) is 5. The highest BCUT2D eigenvalue weighted by atomic mass is 19.4. The maximum atomic E-state index is 12.7. The van der Waals surface area contributed by atoms with Crippen molar-refractivity contribution in [2.24, 2.45) is 0 Å². The number of halogens is 3. The number of amides is 1. The smallest absolute Gasteiger partial charge is 0.333 e. The SMILES string of the molecule is O=C(N1CCC2=C([N+](=O)[O-])CN(c3ccccc3)N2CC1)C(F)(F)F. The van der Waals surface area contributed by atoms with E-state index < -0.39 is 17.0 Å². The number of hydrogen-bond donors (Lipinski definition) is 0. The number of anilines is 1. The van der Waals surface area contributed by atoms with Crippen LogP contribution in [0.3, 0.4) is 0 Å². The van der Waals surface area contributed by atoms with Crippen LogP contribution >= 0.6 is 0 Å². The minimum absolute atomic E-state index is 0.00146. The molecule has 134 valence electrons. The lowest BCUT2D eigenvalue weighted by Gasteiger charge is -2.32. The summed E-state index contributed by atoms with van der Waals surface area (Å²) in [5.41, 5.74) is 1.00. The topological polar surface area (TPSA) is 69.9 Å². The van der Waals surface area contributed by atoms with E-state index in [1.54, 1.807) is 40.3 Å². The Morgan fingerprint density at radius 2 is 1.76 bits per heavy atom. The quantitative estimate of drug-likeness (QED) is 0.599. The predicted molar refractivity (Wildman–Crippen MR) is 81.8 cm³/mol. The van der Waals surface area contributed by atoms with E-state index in [1.165, 1.54) is 0 Å². The second kappa shape index (κ2) is 6.26. The van der Waals surface area contributed by atoms with Gasteiger partial charge in [0.2, 0.25) is 0 Å². The average Bonchev–Trinajstić information content (AvgIpc) is 2.80. The van der Waals surface area contributed by atoms with E-state index in [1.807, 2.05) is 0 Å². The molecule has 0 spiro atoms. The van der Waals surface area contributed by atoms with Crippen LogP contribution in [0.1, 0.15) is 6.42 Å². The molecular formula is C15H15F3N4O3. The zero-order chi connectivity index (χ0) is 18.2. The Labute approximate surface area is 141 Å². The third kappa shape index (κ3) is 3.24. The minimum Gasteiger partial charge on any atom is -0.333 e. The van der Waals surface area contributed by atoms with Gasteiger partial charge in [-0.25, -0.2) is 0 Å². The highest BCUT2D eigenvalue weighted by Gasteiger charge is 2.45. The average molecular weight is 356 g/mol. The standard InChI is InChI=1S/C15H15F3N4O3/c16-15(17,18)14(23)19-7-6-12-13(22(24)25)10-21(20(12)9-8-19)11-4-2-1-3-5-11/h1-5H,6-10H2. The molecule has 0 aliphatic carbocycles. The minimum atomic E-state index is -4.95. The molecule has 0 atom stereocenters. The molecule has 25 heavy (non-hydrogen) atoms. The van der Waals surface area contributed by atoms with Crippen molar-refractivity contribution >= 4 is 11.6 Å². The van der Waals surface area contributed by atoms with Gasteiger partial charge in [-0.3, -0.25) is 24.9 Å². The van der Waals surface area contributed by atoms with Crippen LogP contribution < -0.4 is 5.01 Å². The highest BCUT2D eigenvalue weighted by molar-refractivity contribution is 5.82. The number of benzene rings is 1. The number of para-hydroxylation sites is 1. The summed E-state index contributed by atoms with van der Waals surface area (Å²) in [5, 5.41) is 14.6. The Morgan fingerprint density at radius 1 is 1.08 bits per heavy atom. The van der Waals surface area contributed by atoms with Gasteiger partial charge in [-0.05, 0) is 12.1 Å². The highest BCUT2D eigenvalue weighted by Crippen LogP contribution is 2.33. The van der Waals surface area contributed by atoms with Crippen LogP contribution in [0.4, 0.5) is 18.9 Å². The molecule has 1 fully saturated rings. The maximum absolute atomic E-state index is 12.7. The summed E-state index contributed by atoms with van der Waals surface area (Å²) in [5.74, 6) is -1.91. The molecule has 0 unspecified atom stereocenters. The molecule has 2 aliphatic heterocycles. The Bertz CT molecular complexity index is 720. The summed E-state index contributed by atoms with van der Waals surface area (Å²) < 4.78 is 38.0. The summed E-state index contributed by atoms with van der Waals surface area (Å²) in [7, 11) is 0. The van der Waals surface area contributed by atoms with Crippen LogP contribution in [0.5, 0.6) is 0 Å². The molecule has 0 aromatic heterocycles. The van der Waals surface area contributed by atoms with Gasteiger partial charge in [0.1, 0.15) is 12.2 Å². The third-order valence-corrected chi connectivity index (χ3v) is 4.24. The third-order valence-electron chi connectivity index (χ3n) is 4.24.